The molecule has 0 unspecified atom stereocenters. The molecule has 0 amide bonds. The normalized spacial score (nSPS) is 7.60. The molecule has 0 radical (unpaired) electrons. The van der Waals surface area contributed by atoms with Crippen LogP contribution in [0.5, 0.6) is 0 Å². The van der Waals surface area contributed by atoms with E-state index in [0.29, 0.717) is 0 Å². The number of rotatable bonds is 3. The molecule has 0 atom stereocenters. The molecular weight excluding hydrogens is 135 g/mol. The Morgan fingerprint density at radius 3 is 1.30 bits per heavy atom. The summed E-state index contributed by atoms with van der Waals surface area (Å²) in [5.74, 6) is 0. The first kappa shape index (κ1) is 12.9. The van der Waals surface area contributed by atoms with Crippen LogP contribution in [0.15, 0.2) is 12.7 Å². The van der Waals surface area contributed by atoms with Gasteiger partial charge in [-0.3, -0.25) is 0 Å². The first-order chi connectivity index (χ1) is 4.76. The molecule has 0 fully saturated rings. The van der Waals surface area contributed by atoms with Crippen molar-refractivity contribution in [2.24, 2.45) is 0 Å². The van der Waals surface area contributed by atoms with Gasteiger partial charge in [-0.2, -0.15) is 0 Å². The van der Waals surface area contributed by atoms with Gasteiger partial charge in [-0.25, -0.2) is 0 Å². The molecule has 60 valence electrons. The predicted molar refractivity (Wildman–Crippen MR) is 53.1 cm³/mol. The predicted octanol–water partition coefficient (Wildman–Crippen LogP) is 3.73. The van der Waals surface area contributed by atoms with Gasteiger partial charge in [0.1, 0.15) is 0 Å². The molecule has 0 heterocycles. The highest BCUT2D eigenvalue weighted by molar-refractivity contribution is 6.58. The zero-order valence-corrected chi connectivity index (χ0v) is 9.14. The monoisotopic (exact) mass is 156 g/mol. The second-order valence-electron chi connectivity index (χ2n) is 2.50. The summed E-state index contributed by atoms with van der Waals surface area (Å²) >= 11 is -0.171. The lowest BCUT2D eigenvalue weighted by Gasteiger charge is -1.97. The first-order valence-corrected chi connectivity index (χ1v) is 6.78. The van der Waals surface area contributed by atoms with Crippen LogP contribution in [0.3, 0.4) is 0 Å². The third-order valence-electron chi connectivity index (χ3n) is 1.73. The molecule has 0 nitrogen and oxygen atoms in total. The van der Waals surface area contributed by atoms with Crippen LogP contribution in [0.2, 0.25) is 15.8 Å². The van der Waals surface area contributed by atoms with Gasteiger partial charge in [-0.1, -0.05) is 42.7 Å². The molecule has 0 N–H and O–H groups in total. The maximum absolute atomic E-state index is 3.36. The van der Waals surface area contributed by atoms with Gasteiger partial charge in [-0.15, -0.1) is 6.58 Å². The zero-order chi connectivity index (χ0) is 8.41. The smallest absolute Gasteiger partial charge is 0.103 e. The minimum Gasteiger partial charge on any atom is -0.103 e. The van der Waals surface area contributed by atoms with Crippen molar-refractivity contribution >= 4 is 14.1 Å². The second kappa shape index (κ2) is 12.0. The van der Waals surface area contributed by atoms with Crippen molar-refractivity contribution in [2.45, 2.75) is 43.5 Å². The molecular formula is C9H21Al. The summed E-state index contributed by atoms with van der Waals surface area (Å²) in [4.78, 5) is 0. The summed E-state index contributed by atoms with van der Waals surface area (Å²) in [6.45, 7) is 12.2. The standard InChI is InChI=1S/C3H6.3C2H5.Al/c1-3-2;3*1-2;/h3H,1H2,2H3;3*1H2,2H3;. The largest absolute Gasteiger partial charge is 0.261 e. The van der Waals surface area contributed by atoms with E-state index in [1.807, 2.05) is 6.92 Å². The van der Waals surface area contributed by atoms with Crippen molar-refractivity contribution in [3.8, 4) is 0 Å². The van der Waals surface area contributed by atoms with E-state index >= 15 is 0 Å². The molecule has 0 bridgehead atoms. The zero-order valence-electron chi connectivity index (χ0n) is 7.98. The minimum atomic E-state index is -0.171. The van der Waals surface area contributed by atoms with E-state index in [1.165, 1.54) is 15.8 Å². The molecule has 0 rings (SSSR count). The van der Waals surface area contributed by atoms with Crippen molar-refractivity contribution in [1.29, 1.82) is 0 Å². The Morgan fingerprint density at radius 2 is 1.30 bits per heavy atom. The topological polar surface area (TPSA) is 0 Å². The fraction of sp³-hybridized carbons (Fsp3) is 0.778. The average Bonchev–Trinajstić information content (AvgIpc) is 1.93. The summed E-state index contributed by atoms with van der Waals surface area (Å²) in [6.07, 6.45) is 1.75. The average molecular weight is 156 g/mol. The molecule has 1 heteroatoms. The van der Waals surface area contributed by atoms with E-state index in [4.69, 9.17) is 0 Å². The third kappa shape index (κ3) is 11.1. The van der Waals surface area contributed by atoms with Crippen LogP contribution >= 0.6 is 0 Å². The van der Waals surface area contributed by atoms with E-state index in [0.717, 1.165) is 0 Å². The van der Waals surface area contributed by atoms with Crippen molar-refractivity contribution in [3.63, 3.8) is 0 Å². The van der Waals surface area contributed by atoms with Gasteiger partial charge in [0.05, 0.1) is 0 Å². The van der Waals surface area contributed by atoms with Gasteiger partial charge in [0.25, 0.3) is 14.1 Å². The van der Waals surface area contributed by atoms with Crippen LogP contribution in [0.4, 0.5) is 0 Å². The highest BCUT2D eigenvalue weighted by Crippen LogP contribution is 2.01. The van der Waals surface area contributed by atoms with Crippen LogP contribution in [-0.2, 0) is 0 Å². The van der Waals surface area contributed by atoms with E-state index in [9.17, 15) is 0 Å². The van der Waals surface area contributed by atoms with Crippen molar-refractivity contribution < 1.29 is 0 Å². The van der Waals surface area contributed by atoms with Crippen LogP contribution < -0.4 is 0 Å². The molecule has 0 aromatic carbocycles. The summed E-state index contributed by atoms with van der Waals surface area (Å²) in [5, 5.41) is 4.48. The summed E-state index contributed by atoms with van der Waals surface area (Å²) in [6, 6.07) is 0. The Morgan fingerprint density at radius 1 is 1.10 bits per heavy atom. The van der Waals surface area contributed by atoms with Crippen molar-refractivity contribution in [3.05, 3.63) is 12.7 Å². The lowest BCUT2D eigenvalue weighted by atomic mass is 10.8. The highest BCUT2D eigenvalue weighted by Gasteiger charge is 2.05. The maximum atomic E-state index is 3.36. The molecule has 10 heavy (non-hydrogen) atoms. The first-order valence-electron chi connectivity index (χ1n) is 4.33. The van der Waals surface area contributed by atoms with Crippen LogP contribution in [0, 0.1) is 0 Å². The Labute approximate surface area is 70.7 Å². The van der Waals surface area contributed by atoms with Crippen LogP contribution in [0.1, 0.15) is 27.7 Å². The van der Waals surface area contributed by atoms with Crippen molar-refractivity contribution in [1.82, 2.24) is 0 Å². The Bertz CT molecular complexity index is 50.2. The molecule has 0 spiro atoms. The molecule has 0 aliphatic rings. The second-order valence-corrected chi connectivity index (χ2v) is 6.68. The fourth-order valence-electron chi connectivity index (χ4n) is 0.866. The Balaban J connectivity index is 0. The van der Waals surface area contributed by atoms with Gasteiger partial charge >= 0.3 is 0 Å². The van der Waals surface area contributed by atoms with E-state index < -0.39 is 0 Å². The quantitative estimate of drug-likeness (QED) is 0.431. The molecule has 0 aliphatic carbocycles. The molecule has 0 aliphatic heterocycles. The SMILES string of the molecule is C=CC.C[CH2][Al]([CH2]C)[CH2]C. The van der Waals surface area contributed by atoms with E-state index in [2.05, 4.69) is 27.4 Å². The number of hydrogen-bond acceptors (Lipinski definition) is 0. The molecule has 0 saturated carbocycles. The van der Waals surface area contributed by atoms with Crippen molar-refractivity contribution in [2.75, 3.05) is 0 Å². The third-order valence-corrected chi connectivity index (χ3v) is 5.20. The van der Waals surface area contributed by atoms with Crippen LogP contribution in [0.25, 0.3) is 0 Å². The summed E-state index contributed by atoms with van der Waals surface area (Å²) in [7, 11) is 0. The number of hydrogen-bond donors (Lipinski definition) is 0. The minimum absolute atomic E-state index is 0.171. The Kier molecular flexibility index (Phi) is 15.5. The molecule has 0 saturated heterocycles. The summed E-state index contributed by atoms with van der Waals surface area (Å²) in [5.41, 5.74) is 0. The summed E-state index contributed by atoms with van der Waals surface area (Å²) < 4.78 is 0. The lowest BCUT2D eigenvalue weighted by Crippen LogP contribution is -2.04. The maximum Gasteiger partial charge on any atom is 0.261 e. The Hall–Kier alpha value is 0.272. The van der Waals surface area contributed by atoms with Crippen LogP contribution in [-0.4, -0.2) is 14.1 Å². The van der Waals surface area contributed by atoms with Gasteiger partial charge in [0, 0.05) is 0 Å². The van der Waals surface area contributed by atoms with Gasteiger partial charge < -0.3 is 0 Å². The fourth-order valence-corrected chi connectivity index (χ4v) is 2.60. The molecule has 0 aromatic rings. The van der Waals surface area contributed by atoms with Gasteiger partial charge in [-0.05, 0) is 6.92 Å². The number of allylic oxidation sites excluding steroid dienone is 1. The van der Waals surface area contributed by atoms with Gasteiger partial charge in [0.15, 0.2) is 0 Å². The molecule has 0 aromatic heterocycles. The highest BCUT2D eigenvalue weighted by atomic mass is 27.2. The van der Waals surface area contributed by atoms with E-state index in [-0.39, 0.29) is 14.1 Å². The van der Waals surface area contributed by atoms with Gasteiger partial charge in [0.2, 0.25) is 0 Å². The van der Waals surface area contributed by atoms with E-state index in [1.54, 1.807) is 6.08 Å². The lowest BCUT2D eigenvalue weighted by molar-refractivity contribution is 1.24.